The third kappa shape index (κ3) is 7.79. The van der Waals surface area contributed by atoms with E-state index in [4.69, 9.17) is 14.5 Å². The number of thiazole rings is 1. The minimum absolute atomic E-state index is 0. The van der Waals surface area contributed by atoms with Gasteiger partial charge in [0.15, 0.2) is 5.96 Å². The molecular formula is C22H33IN4O2S. The molecule has 3 rings (SSSR count). The third-order valence-electron chi connectivity index (χ3n) is 5.04. The van der Waals surface area contributed by atoms with Crippen LogP contribution >= 0.6 is 35.3 Å². The van der Waals surface area contributed by atoms with Crippen LogP contribution in [0.3, 0.4) is 0 Å². The molecule has 0 radical (unpaired) electrons. The topological polar surface area (TPSA) is 59.0 Å². The van der Waals surface area contributed by atoms with Crippen molar-refractivity contribution in [1.29, 1.82) is 0 Å². The Hall–Kier alpha value is -1.23. The van der Waals surface area contributed by atoms with E-state index in [2.05, 4.69) is 44.9 Å². The van der Waals surface area contributed by atoms with Gasteiger partial charge < -0.3 is 19.7 Å². The summed E-state index contributed by atoms with van der Waals surface area (Å²) in [6.07, 6.45) is 4.29. The van der Waals surface area contributed by atoms with E-state index in [0.29, 0.717) is 6.10 Å². The van der Waals surface area contributed by atoms with Crippen LogP contribution in [0.2, 0.25) is 0 Å². The molecule has 1 aliphatic rings. The first-order valence-electron chi connectivity index (χ1n) is 10.4. The van der Waals surface area contributed by atoms with E-state index in [1.807, 2.05) is 13.1 Å². The number of halogens is 1. The third-order valence-corrected chi connectivity index (χ3v) is 5.98. The second-order valence-electron chi connectivity index (χ2n) is 7.14. The molecule has 1 saturated heterocycles. The van der Waals surface area contributed by atoms with Gasteiger partial charge in [-0.3, -0.25) is 4.99 Å². The predicted molar refractivity (Wildman–Crippen MR) is 135 cm³/mol. The predicted octanol–water partition coefficient (Wildman–Crippen LogP) is 4.06. The highest BCUT2D eigenvalue weighted by atomic mass is 127. The van der Waals surface area contributed by atoms with E-state index in [1.54, 1.807) is 18.4 Å². The van der Waals surface area contributed by atoms with Crippen LogP contribution in [0.4, 0.5) is 0 Å². The van der Waals surface area contributed by atoms with Gasteiger partial charge >= 0.3 is 0 Å². The van der Waals surface area contributed by atoms with Gasteiger partial charge in [-0.15, -0.1) is 35.3 Å². The number of methoxy groups -OCH3 is 1. The van der Waals surface area contributed by atoms with Crippen molar-refractivity contribution in [3.63, 3.8) is 0 Å². The summed E-state index contributed by atoms with van der Waals surface area (Å²) < 4.78 is 11.0. The van der Waals surface area contributed by atoms with Crippen molar-refractivity contribution in [2.24, 2.45) is 4.99 Å². The highest BCUT2D eigenvalue weighted by Crippen LogP contribution is 2.23. The quantitative estimate of drug-likeness (QED) is 0.223. The molecule has 1 N–H and O–H groups in total. The van der Waals surface area contributed by atoms with Gasteiger partial charge in [0.2, 0.25) is 0 Å². The number of nitrogens with one attached hydrogen (secondary N) is 1. The zero-order chi connectivity index (χ0) is 20.3. The number of hydrogen-bond donors (Lipinski definition) is 1. The molecule has 8 heteroatoms. The Morgan fingerprint density at radius 3 is 2.70 bits per heavy atom. The minimum atomic E-state index is 0. The Labute approximate surface area is 201 Å². The fraction of sp³-hybridized carbons (Fsp3) is 0.545. The van der Waals surface area contributed by atoms with Crippen LogP contribution in [0, 0.1) is 0 Å². The average Bonchev–Trinajstić information content (AvgIpc) is 3.25. The fourth-order valence-electron chi connectivity index (χ4n) is 3.46. The summed E-state index contributed by atoms with van der Waals surface area (Å²) in [5.41, 5.74) is 2.31. The summed E-state index contributed by atoms with van der Waals surface area (Å²) in [5.74, 6) is 0.973. The lowest BCUT2D eigenvalue weighted by Gasteiger charge is -2.34. The summed E-state index contributed by atoms with van der Waals surface area (Å²) in [4.78, 5) is 11.6. The zero-order valence-electron chi connectivity index (χ0n) is 17.9. The number of benzene rings is 1. The molecule has 1 aliphatic heterocycles. The van der Waals surface area contributed by atoms with E-state index >= 15 is 0 Å². The lowest BCUT2D eigenvalue weighted by molar-refractivity contribution is 0.00992. The number of rotatable bonds is 9. The van der Waals surface area contributed by atoms with Crippen molar-refractivity contribution in [3.8, 4) is 10.6 Å². The van der Waals surface area contributed by atoms with E-state index in [0.717, 1.165) is 75.2 Å². The highest BCUT2D eigenvalue weighted by Gasteiger charge is 2.21. The number of guanidine groups is 1. The first kappa shape index (κ1) is 25.0. The molecule has 0 aliphatic carbocycles. The van der Waals surface area contributed by atoms with Crippen molar-refractivity contribution >= 4 is 41.3 Å². The summed E-state index contributed by atoms with van der Waals surface area (Å²) >= 11 is 1.70. The van der Waals surface area contributed by atoms with Gasteiger partial charge in [-0.05, 0) is 19.3 Å². The SMILES string of the molecule is CN=C(NCCc1csc(-c2ccccc2)n1)N1CCC(OCCCOC)CC1.I. The molecule has 0 spiro atoms. The lowest BCUT2D eigenvalue weighted by Crippen LogP contribution is -2.47. The van der Waals surface area contributed by atoms with Crippen molar-refractivity contribution in [3.05, 3.63) is 41.4 Å². The largest absolute Gasteiger partial charge is 0.385 e. The van der Waals surface area contributed by atoms with Gasteiger partial charge in [-0.1, -0.05) is 30.3 Å². The van der Waals surface area contributed by atoms with Crippen LogP contribution in [0.25, 0.3) is 10.6 Å². The highest BCUT2D eigenvalue weighted by molar-refractivity contribution is 14.0. The van der Waals surface area contributed by atoms with Crippen LogP contribution in [0.1, 0.15) is 25.0 Å². The summed E-state index contributed by atoms with van der Waals surface area (Å²) in [6, 6.07) is 10.3. The molecule has 30 heavy (non-hydrogen) atoms. The monoisotopic (exact) mass is 544 g/mol. The molecule has 1 fully saturated rings. The Balaban J connectivity index is 0.00000320. The average molecular weight is 545 g/mol. The molecule has 1 aromatic carbocycles. The number of piperidine rings is 1. The summed E-state index contributed by atoms with van der Waals surface area (Å²) in [6.45, 7) is 4.33. The van der Waals surface area contributed by atoms with Crippen LogP contribution in [0.15, 0.2) is 40.7 Å². The van der Waals surface area contributed by atoms with E-state index in [9.17, 15) is 0 Å². The van der Waals surface area contributed by atoms with E-state index < -0.39 is 0 Å². The molecule has 6 nitrogen and oxygen atoms in total. The van der Waals surface area contributed by atoms with Gasteiger partial charge in [-0.2, -0.15) is 0 Å². The van der Waals surface area contributed by atoms with Crippen LogP contribution in [-0.4, -0.2) is 69.0 Å². The summed E-state index contributed by atoms with van der Waals surface area (Å²) in [5, 5.41) is 6.73. The van der Waals surface area contributed by atoms with Crippen molar-refractivity contribution in [2.45, 2.75) is 31.8 Å². The Kier molecular flexibility index (Phi) is 11.6. The molecule has 2 aromatic rings. The fourth-order valence-corrected chi connectivity index (χ4v) is 4.32. The smallest absolute Gasteiger partial charge is 0.193 e. The number of aliphatic imine (C=N–C) groups is 1. The molecule has 0 unspecified atom stereocenters. The maximum absolute atomic E-state index is 5.95. The second kappa shape index (κ2) is 14.0. The van der Waals surface area contributed by atoms with Crippen molar-refractivity contribution < 1.29 is 9.47 Å². The van der Waals surface area contributed by atoms with Gasteiger partial charge in [0.05, 0.1) is 11.8 Å². The standard InChI is InChI=1S/C22H32N4O2S.HI/c1-23-22(26-13-10-20(11-14-26)28-16-6-15-27-2)24-12-9-19-17-29-21(25-19)18-7-4-3-5-8-18;/h3-5,7-8,17,20H,6,9-16H2,1-2H3,(H,23,24);1H. The van der Waals surface area contributed by atoms with Gasteiger partial charge in [0, 0.05) is 64.4 Å². The first-order chi connectivity index (χ1) is 14.3. The maximum atomic E-state index is 5.95. The van der Waals surface area contributed by atoms with Gasteiger partial charge in [-0.25, -0.2) is 4.98 Å². The van der Waals surface area contributed by atoms with Crippen molar-refractivity contribution in [2.75, 3.05) is 47.0 Å². The Morgan fingerprint density at radius 1 is 1.23 bits per heavy atom. The van der Waals surface area contributed by atoms with Gasteiger partial charge in [0.1, 0.15) is 5.01 Å². The van der Waals surface area contributed by atoms with Crippen LogP contribution in [-0.2, 0) is 15.9 Å². The summed E-state index contributed by atoms with van der Waals surface area (Å²) in [7, 11) is 3.58. The maximum Gasteiger partial charge on any atom is 0.193 e. The second-order valence-corrected chi connectivity index (χ2v) is 8.00. The normalized spacial score (nSPS) is 15.1. The molecule has 0 atom stereocenters. The molecule has 166 valence electrons. The van der Waals surface area contributed by atoms with Crippen LogP contribution in [0.5, 0.6) is 0 Å². The molecule has 0 bridgehead atoms. The van der Waals surface area contributed by atoms with E-state index in [-0.39, 0.29) is 24.0 Å². The Bertz CT molecular complexity index is 749. The van der Waals surface area contributed by atoms with Crippen molar-refractivity contribution in [1.82, 2.24) is 15.2 Å². The first-order valence-corrected chi connectivity index (χ1v) is 11.2. The van der Waals surface area contributed by atoms with E-state index in [1.165, 1.54) is 5.56 Å². The molecule has 0 amide bonds. The molecular weight excluding hydrogens is 511 g/mol. The number of nitrogens with zero attached hydrogens (tertiary/aromatic N) is 3. The number of ether oxygens (including phenoxy) is 2. The minimum Gasteiger partial charge on any atom is -0.385 e. The zero-order valence-corrected chi connectivity index (χ0v) is 21.0. The van der Waals surface area contributed by atoms with Crippen LogP contribution < -0.4 is 5.32 Å². The number of likely N-dealkylation sites (tertiary alicyclic amines) is 1. The number of aromatic nitrogens is 1. The number of hydrogen-bond acceptors (Lipinski definition) is 5. The lowest BCUT2D eigenvalue weighted by atomic mass is 10.1. The molecule has 0 saturated carbocycles. The Morgan fingerprint density at radius 2 is 2.00 bits per heavy atom. The van der Waals surface area contributed by atoms with Gasteiger partial charge in [0.25, 0.3) is 0 Å². The molecule has 1 aromatic heterocycles. The molecule has 2 heterocycles.